The molecule has 0 bridgehead atoms. The Morgan fingerprint density at radius 3 is 2.40 bits per heavy atom. The third kappa shape index (κ3) is 8.52. The highest BCUT2D eigenvalue weighted by molar-refractivity contribution is 7.58. The van der Waals surface area contributed by atoms with Crippen molar-refractivity contribution in [3.63, 3.8) is 0 Å². The molecule has 0 aromatic heterocycles. The number of nitrogens with one attached hydrogen (secondary N) is 1. The summed E-state index contributed by atoms with van der Waals surface area (Å²) in [5, 5.41) is 2.34. The molecule has 0 saturated heterocycles. The average Bonchev–Trinajstić information content (AvgIpc) is 2.58. The first-order valence-corrected chi connectivity index (χ1v) is 10.2. The van der Waals surface area contributed by atoms with Crippen molar-refractivity contribution in [3.8, 4) is 0 Å². The maximum Gasteiger partial charge on any atom is 0.412 e. The van der Waals surface area contributed by atoms with Gasteiger partial charge in [-0.1, -0.05) is 30.3 Å². The zero-order valence-corrected chi connectivity index (χ0v) is 15.6. The molecule has 8 heteroatoms. The first-order chi connectivity index (χ1) is 11.9. The number of ether oxygens (including phenoxy) is 2. The summed E-state index contributed by atoms with van der Waals surface area (Å²) in [5.74, 6) is -0.726. The third-order valence-corrected chi connectivity index (χ3v) is 4.62. The molecule has 1 amide bonds. The Morgan fingerprint density at radius 2 is 1.80 bits per heavy atom. The van der Waals surface area contributed by atoms with Crippen LogP contribution in [0.2, 0.25) is 0 Å². The van der Waals surface area contributed by atoms with Crippen LogP contribution in [0.5, 0.6) is 0 Å². The Labute approximate surface area is 147 Å². The molecule has 0 aliphatic rings. The quantitative estimate of drug-likeness (QED) is 0.408. The smallest absolute Gasteiger partial charge is 0.412 e. The minimum absolute atomic E-state index is 0.00600. The van der Waals surface area contributed by atoms with Crippen LogP contribution in [0.4, 0.5) is 4.79 Å². The fraction of sp³-hybridized carbons (Fsp3) is 0.412. The lowest BCUT2D eigenvalue weighted by Gasteiger charge is -2.13. The summed E-state index contributed by atoms with van der Waals surface area (Å²) < 4.78 is 27.2. The highest BCUT2D eigenvalue weighted by atomic mass is 31.2. The lowest BCUT2D eigenvalue weighted by molar-refractivity contribution is -0.138. The number of carbonyl (C=O) groups is 2. The van der Waals surface area contributed by atoms with Gasteiger partial charge in [-0.15, -0.1) is 0 Å². The number of hydrogen-bond acceptors (Lipinski definition) is 6. The van der Waals surface area contributed by atoms with Gasteiger partial charge in [-0.25, -0.2) is 9.59 Å². The van der Waals surface area contributed by atoms with E-state index < -0.39 is 19.4 Å². The van der Waals surface area contributed by atoms with E-state index >= 15 is 0 Å². The van der Waals surface area contributed by atoms with Crippen LogP contribution in [0.1, 0.15) is 19.4 Å². The van der Waals surface area contributed by atoms with Crippen LogP contribution in [0.15, 0.2) is 42.1 Å². The second-order valence-corrected chi connectivity index (χ2v) is 7.79. The Morgan fingerprint density at radius 1 is 1.12 bits per heavy atom. The minimum atomic E-state index is -2.89. The molecule has 7 nitrogen and oxygen atoms in total. The van der Waals surface area contributed by atoms with Crippen molar-refractivity contribution in [2.75, 3.05) is 26.0 Å². The Kier molecular flexibility index (Phi) is 8.95. The first kappa shape index (κ1) is 20.9. The number of carbonyl (C=O) groups excluding carboxylic acids is 2. The number of rotatable bonds is 9. The molecular formula is C17H24NO6P. The van der Waals surface area contributed by atoms with Crippen molar-refractivity contribution in [1.29, 1.82) is 0 Å². The predicted octanol–water partition coefficient (Wildman–Crippen LogP) is 3.30. The number of benzene rings is 1. The summed E-state index contributed by atoms with van der Waals surface area (Å²) in [6.45, 7) is 5.34. The van der Waals surface area contributed by atoms with Gasteiger partial charge in [0.1, 0.15) is 12.3 Å². The summed E-state index contributed by atoms with van der Waals surface area (Å²) in [5.41, 5.74) is 0.690. The van der Waals surface area contributed by atoms with Gasteiger partial charge < -0.3 is 14.0 Å². The van der Waals surface area contributed by atoms with Crippen LogP contribution >= 0.6 is 7.37 Å². The summed E-state index contributed by atoms with van der Waals surface area (Å²) in [6, 6.07) is 9.13. The summed E-state index contributed by atoms with van der Waals surface area (Å²) in [7, 11) is -2.89. The van der Waals surface area contributed by atoms with E-state index in [0.29, 0.717) is 6.61 Å². The van der Waals surface area contributed by atoms with Gasteiger partial charge in [0.05, 0.1) is 13.2 Å². The maximum atomic E-state index is 12.1. The number of allylic oxidation sites excluding steroid dienone is 1. The van der Waals surface area contributed by atoms with Crippen LogP contribution in [0.3, 0.4) is 0 Å². The van der Waals surface area contributed by atoms with Gasteiger partial charge in [0.25, 0.3) is 0 Å². The van der Waals surface area contributed by atoms with E-state index in [1.54, 1.807) is 13.8 Å². The van der Waals surface area contributed by atoms with Gasteiger partial charge in [-0.05, 0) is 25.5 Å². The number of esters is 1. The van der Waals surface area contributed by atoms with Crippen LogP contribution in [-0.4, -0.2) is 38.1 Å². The SMILES string of the molecule is CCOC(=O)/C(=C/CP(C)(=O)OCC)NC(=O)OCc1ccccc1. The number of hydrogen-bond donors (Lipinski definition) is 1. The van der Waals surface area contributed by atoms with Crippen molar-refractivity contribution >= 4 is 19.4 Å². The second kappa shape index (κ2) is 10.7. The molecular weight excluding hydrogens is 345 g/mol. The average molecular weight is 369 g/mol. The predicted molar refractivity (Wildman–Crippen MR) is 94.5 cm³/mol. The lowest BCUT2D eigenvalue weighted by Crippen LogP contribution is -2.29. The third-order valence-electron chi connectivity index (χ3n) is 2.97. The van der Waals surface area contributed by atoms with E-state index in [0.717, 1.165) is 5.56 Å². The molecule has 0 saturated carbocycles. The molecule has 0 heterocycles. The molecule has 1 unspecified atom stereocenters. The van der Waals surface area contributed by atoms with Gasteiger partial charge in [0.2, 0.25) is 7.37 Å². The summed E-state index contributed by atoms with van der Waals surface area (Å²) >= 11 is 0. The van der Waals surface area contributed by atoms with E-state index in [-0.39, 0.29) is 25.1 Å². The van der Waals surface area contributed by atoms with E-state index in [2.05, 4.69) is 5.32 Å². The molecule has 1 atom stereocenters. The minimum Gasteiger partial charge on any atom is -0.461 e. The fourth-order valence-electron chi connectivity index (χ4n) is 1.85. The molecule has 1 N–H and O–H groups in total. The van der Waals surface area contributed by atoms with Crippen molar-refractivity contribution in [1.82, 2.24) is 5.32 Å². The molecule has 1 rings (SSSR count). The zero-order chi connectivity index (χ0) is 18.7. The molecule has 1 aromatic carbocycles. The molecule has 25 heavy (non-hydrogen) atoms. The Balaban J connectivity index is 2.70. The van der Waals surface area contributed by atoms with Crippen LogP contribution in [0, 0.1) is 0 Å². The van der Waals surface area contributed by atoms with E-state index in [1.165, 1.54) is 12.7 Å². The Bertz CT molecular complexity index is 644. The molecule has 0 aliphatic carbocycles. The van der Waals surface area contributed by atoms with Gasteiger partial charge in [0.15, 0.2) is 0 Å². The van der Waals surface area contributed by atoms with E-state index in [1.807, 2.05) is 30.3 Å². The zero-order valence-electron chi connectivity index (χ0n) is 14.7. The number of alkyl carbamates (subject to hydrolysis) is 1. The largest absolute Gasteiger partial charge is 0.461 e. The topological polar surface area (TPSA) is 90.9 Å². The monoisotopic (exact) mass is 369 g/mol. The first-order valence-electron chi connectivity index (χ1n) is 7.94. The van der Waals surface area contributed by atoms with E-state index in [4.69, 9.17) is 14.0 Å². The number of amides is 1. The second-order valence-electron chi connectivity index (χ2n) is 5.14. The molecule has 0 fully saturated rings. The van der Waals surface area contributed by atoms with Crippen molar-refractivity contribution in [3.05, 3.63) is 47.7 Å². The normalized spacial score (nSPS) is 13.6. The lowest BCUT2D eigenvalue weighted by atomic mass is 10.2. The summed E-state index contributed by atoms with van der Waals surface area (Å²) in [4.78, 5) is 23.8. The van der Waals surface area contributed by atoms with Gasteiger partial charge in [-0.3, -0.25) is 9.88 Å². The van der Waals surface area contributed by atoms with Crippen molar-refractivity contribution < 1.29 is 28.2 Å². The van der Waals surface area contributed by atoms with Crippen LogP contribution in [0.25, 0.3) is 0 Å². The highest BCUT2D eigenvalue weighted by Crippen LogP contribution is 2.42. The molecule has 138 valence electrons. The molecule has 0 aliphatic heterocycles. The van der Waals surface area contributed by atoms with Gasteiger partial charge in [0, 0.05) is 12.8 Å². The summed E-state index contributed by atoms with van der Waals surface area (Å²) in [6.07, 6.45) is 0.525. The Hall–Kier alpha value is -2.11. The standard InChI is InChI=1S/C17H24NO6P/c1-4-22-16(19)15(11-12-25(3,21)24-5-2)18-17(20)23-13-14-9-7-6-8-10-14/h6-11H,4-5,12-13H2,1-3H3,(H,18,20)/b15-11-. The molecule has 0 spiro atoms. The van der Waals surface area contributed by atoms with Crippen molar-refractivity contribution in [2.45, 2.75) is 20.5 Å². The van der Waals surface area contributed by atoms with E-state index in [9.17, 15) is 14.2 Å². The van der Waals surface area contributed by atoms with Crippen LogP contribution in [-0.2, 0) is 30.0 Å². The molecule has 1 aromatic rings. The highest BCUT2D eigenvalue weighted by Gasteiger charge is 2.19. The van der Waals surface area contributed by atoms with Gasteiger partial charge >= 0.3 is 12.1 Å². The van der Waals surface area contributed by atoms with Gasteiger partial charge in [-0.2, -0.15) is 0 Å². The van der Waals surface area contributed by atoms with Crippen LogP contribution < -0.4 is 5.32 Å². The maximum absolute atomic E-state index is 12.1. The molecule has 0 radical (unpaired) electrons. The van der Waals surface area contributed by atoms with Crippen molar-refractivity contribution in [2.24, 2.45) is 0 Å². The fourth-order valence-corrected chi connectivity index (χ4v) is 3.01.